The van der Waals surface area contributed by atoms with Crippen molar-refractivity contribution in [3.63, 3.8) is 0 Å². The van der Waals surface area contributed by atoms with Gasteiger partial charge in [-0.15, -0.1) is 4.91 Å². The summed E-state index contributed by atoms with van der Waals surface area (Å²) in [6.07, 6.45) is 0. The van der Waals surface area contributed by atoms with Gasteiger partial charge in [-0.25, -0.2) is 0 Å². The largest absolute Gasteiger partial charge is 0.412 e. The number of hydrogen-bond acceptors (Lipinski definition) is 2. The number of hydrogen-bond donors (Lipinski definition) is 1. The zero-order valence-corrected chi connectivity index (χ0v) is 5.76. The van der Waals surface area contributed by atoms with E-state index in [4.69, 9.17) is 10.1 Å². The summed E-state index contributed by atoms with van der Waals surface area (Å²) in [7, 11) is 0. The van der Waals surface area contributed by atoms with Gasteiger partial charge < -0.3 is 38.1 Å². The average Bonchev–Trinajstić information content (AvgIpc) is 0.918. The van der Waals surface area contributed by atoms with Crippen molar-refractivity contribution in [2.45, 2.75) is 0 Å². The van der Waals surface area contributed by atoms with Gasteiger partial charge in [0.15, 0.2) is 5.34 Å². The van der Waals surface area contributed by atoms with Crippen LogP contribution in [0.25, 0.3) is 0 Å². The molecule has 0 rings (SSSR count). The SMILES string of the molecule is O.O.O.O.O.O.O=NO.[Fe]. The van der Waals surface area contributed by atoms with Crippen molar-refractivity contribution in [1.29, 1.82) is 0 Å². The third-order valence-corrected chi connectivity index (χ3v) is 0. The normalized spacial score (nSPS) is 1.20. The molecule has 0 aliphatic rings. The third kappa shape index (κ3) is 3340. The van der Waals surface area contributed by atoms with E-state index in [1.807, 2.05) is 0 Å². The Kier molecular flexibility index (Phi) is 28700. The van der Waals surface area contributed by atoms with Gasteiger partial charge in [-0.1, -0.05) is 0 Å². The smallest absolute Gasteiger partial charge is 0.152 e. The minimum absolute atomic E-state index is 0. The van der Waals surface area contributed by atoms with Crippen molar-refractivity contribution in [3.8, 4) is 0 Å². The molecule has 0 bridgehead atoms. The van der Waals surface area contributed by atoms with Crippen LogP contribution in [-0.2, 0) is 17.1 Å². The minimum Gasteiger partial charge on any atom is -0.412 e. The Morgan fingerprint density at radius 1 is 0.800 bits per heavy atom. The molecule has 0 amide bonds. The Morgan fingerprint density at radius 3 is 0.800 bits per heavy atom. The maximum atomic E-state index is 8.11. The molecular weight excluding hydrogens is 198 g/mol. The topological polar surface area (TPSA) is 239 Å². The van der Waals surface area contributed by atoms with Crippen LogP contribution in [0.2, 0.25) is 0 Å². The third-order valence-electron chi connectivity index (χ3n) is 0. The first kappa shape index (κ1) is 259. The average molecular weight is 211 g/mol. The molecule has 9 nitrogen and oxygen atoms in total. The Labute approximate surface area is 66.3 Å². The van der Waals surface area contributed by atoms with Gasteiger partial charge >= 0.3 is 0 Å². The van der Waals surface area contributed by atoms with E-state index >= 15 is 0 Å². The molecule has 74 valence electrons. The first-order chi connectivity index (χ1) is 1.41. The molecule has 0 aromatic heterocycles. The second kappa shape index (κ2) is 1110. The molecule has 0 spiro atoms. The van der Waals surface area contributed by atoms with Crippen LogP contribution in [0.5, 0.6) is 0 Å². The van der Waals surface area contributed by atoms with Crippen molar-refractivity contribution in [1.82, 2.24) is 0 Å². The summed E-state index contributed by atoms with van der Waals surface area (Å²) in [5, 5.41) is 7.89. The van der Waals surface area contributed by atoms with Crippen LogP contribution < -0.4 is 0 Å². The molecule has 0 heterocycles. The summed E-state index contributed by atoms with van der Waals surface area (Å²) < 4.78 is 0. The fraction of sp³-hybridized carbons (Fsp3) is 0. The van der Waals surface area contributed by atoms with Gasteiger partial charge in [0.05, 0.1) is 0 Å². The van der Waals surface area contributed by atoms with Gasteiger partial charge in [0.2, 0.25) is 0 Å². The van der Waals surface area contributed by atoms with Crippen molar-refractivity contribution in [3.05, 3.63) is 4.91 Å². The van der Waals surface area contributed by atoms with Crippen LogP contribution in [0, 0.1) is 4.91 Å². The quantitative estimate of drug-likeness (QED) is 0.235. The molecule has 0 saturated heterocycles. The molecule has 0 fully saturated rings. The zero-order valence-electron chi connectivity index (χ0n) is 4.66. The van der Waals surface area contributed by atoms with Gasteiger partial charge in [0, 0.05) is 17.1 Å². The molecule has 0 aliphatic heterocycles. The van der Waals surface area contributed by atoms with Crippen LogP contribution in [0.4, 0.5) is 0 Å². The monoisotopic (exact) mass is 211 g/mol. The van der Waals surface area contributed by atoms with Crippen molar-refractivity contribution in [2.75, 3.05) is 0 Å². The van der Waals surface area contributed by atoms with Gasteiger partial charge in [-0.2, -0.15) is 0 Å². The fourth-order valence-corrected chi connectivity index (χ4v) is 0. The summed E-state index contributed by atoms with van der Waals surface area (Å²) in [6.45, 7) is 0. The van der Waals surface area contributed by atoms with Crippen LogP contribution in [0.15, 0.2) is 5.34 Å². The Hall–Kier alpha value is -0.321. The van der Waals surface area contributed by atoms with E-state index in [-0.39, 0.29) is 49.9 Å². The first-order valence-corrected chi connectivity index (χ1v) is 0.383. The van der Waals surface area contributed by atoms with Gasteiger partial charge in [0.1, 0.15) is 0 Å². The van der Waals surface area contributed by atoms with E-state index in [1.54, 1.807) is 0 Å². The molecule has 0 unspecified atom stereocenters. The molecule has 0 aromatic carbocycles. The molecule has 10 heavy (non-hydrogen) atoms. The zero-order chi connectivity index (χ0) is 2.71. The molecule has 0 aromatic rings. The van der Waals surface area contributed by atoms with E-state index in [0.717, 1.165) is 0 Å². The standard InChI is InChI=1S/Fe.HNO2.6H2O/c;2-1-3;;;;;;/h;(H,2,3);6*1H2. The molecule has 0 saturated carbocycles. The molecule has 10 heteroatoms. The van der Waals surface area contributed by atoms with E-state index in [0.29, 0.717) is 0 Å². The van der Waals surface area contributed by atoms with Gasteiger partial charge in [0.25, 0.3) is 0 Å². The second-order valence-corrected chi connectivity index (χ2v) is 0.0816. The van der Waals surface area contributed by atoms with Crippen molar-refractivity contribution >= 4 is 0 Å². The molecule has 0 radical (unpaired) electrons. The van der Waals surface area contributed by atoms with E-state index in [1.165, 1.54) is 5.34 Å². The van der Waals surface area contributed by atoms with Gasteiger partial charge in [-0.05, 0) is 0 Å². The van der Waals surface area contributed by atoms with Crippen LogP contribution >= 0.6 is 0 Å². The summed E-state index contributed by atoms with van der Waals surface area (Å²) in [5.41, 5.74) is 0. The van der Waals surface area contributed by atoms with E-state index in [2.05, 4.69) is 0 Å². The van der Waals surface area contributed by atoms with Crippen LogP contribution in [0.1, 0.15) is 0 Å². The van der Waals surface area contributed by atoms with Crippen LogP contribution in [0.3, 0.4) is 0 Å². The summed E-state index contributed by atoms with van der Waals surface area (Å²) in [6, 6.07) is 0. The summed E-state index contributed by atoms with van der Waals surface area (Å²) >= 11 is 0. The molecule has 13 N–H and O–H groups in total. The second-order valence-electron chi connectivity index (χ2n) is 0.0816. The summed E-state index contributed by atoms with van der Waals surface area (Å²) in [5.74, 6) is 0. The van der Waals surface area contributed by atoms with Crippen LogP contribution in [-0.4, -0.2) is 38.1 Å². The number of rotatable bonds is 0. The van der Waals surface area contributed by atoms with Crippen molar-refractivity contribution < 1.29 is 55.1 Å². The molecule has 0 atom stereocenters. The van der Waals surface area contributed by atoms with Crippen molar-refractivity contribution in [2.24, 2.45) is 5.34 Å². The Balaban J connectivity index is -0.000000000952. The maximum absolute atomic E-state index is 8.11. The minimum atomic E-state index is 0. The first-order valence-electron chi connectivity index (χ1n) is 0.383. The number of nitrogens with zero attached hydrogens (tertiary/aromatic N) is 1. The predicted molar refractivity (Wildman–Crippen MR) is 29.3 cm³/mol. The molecule has 0 aliphatic carbocycles. The van der Waals surface area contributed by atoms with Gasteiger partial charge in [-0.3, -0.25) is 0 Å². The summed E-state index contributed by atoms with van der Waals surface area (Å²) in [4.78, 5) is 8.11. The molecular formula is H13FeNO8. The van der Waals surface area contributed by atoms with E-state index in [9.17, 15) is 0 Å². The maximum Gasteiger partial charge on any atom is 0.152 e. The Morgan fingerprint density at radius 2 is 0.800 bits per heavy atom. The predicted octanol–water partition coefficient (Wildman–Crippen LogP) is -4.81. The Bertz CT molecular complexity index is 16.7. The fourth-order valence-electron chi connectivity index (χ4n) is 0. The van der Waals surface area contributed by atoms with E-state index < -0.39 is 0 Å².